The van der Waals surface area contributed by atoms with Crippen molar-refractivity contribution in [2.75, 3.05) is 0 Å². The number of aromatic nitrogens is 3. The molecule has 0 spiro atoms. The summed E-state index contributed by atoms with van der Waals surface area (Å²) in [5.41, 5.74) is 6.86. The lowest BCUT2D eigenvalue weighted by atomic mass is 9.95. The Morgan fingerprint density at radius 3 is 1.69 bits per heavy atom. The Kier molecular flexibility index (Phi) is 5.78. The van der Waals surface area contributed by atoms with Crippen molar-refractivity contribution in [3.63, 3.8) is 0 Å². The van der Waals surface area contributed by atoms with Crippen molar-refractivity contribution in [3.05, 3.63) is 152 Å². The van der Waals surface area contributed by atoms with E-state index in [2.05, 4.69) is 103 Å². The molecule has 0 radical (unpaired) electrons. The van der Waals surface area contributed by atoms with Gasteiger partial charge >= 0.3 is 0 Å². The molecule has 0 aliphatic carbocycles. The molecule has 9 aromatic rings. The predicted molar refractivity (Wildman–Crippen MR) is 184 cm³/mol. The van der Waals surface area contributed by atoms with E-state index in [1.807, 2.05) is 48.5 Å². The van der Waals surface area contributed by atoms with Crippen LogP contribution >= 0.6 is 0 Å². The van der Waals surface area contributed by atoms with Crippen LogP contribution in [0.15, 0.2) is 156 Å². The largest absolute Gasteiger partial charge is 0.455 e. The van der Waals surface area contributed by atoms with Gasteiger partial charge in [0, 0.05) is 32.8 Å². The Morgan fingerprint density at radius 1 is 0.356 bits per heavy atom. The molecule has 210 valence electrons. The summed E-state index contributed by atoms with van der Waals surface area (Å²) in [6.45, 7) is 0. The summed E-state index contributed by atoms with van der Waals surface area (Å²) in [5, 5.41) is 6.68. The zero-order chi connectivity index (χ0) is 29.7. The summed E-state index contributed by atoms with van der Waals surface area (Å²) in [6, 6.07) is 52.2. The van der Waals surface area contributed by atoms with Crippen molar-refractivity contribution in [2.45, 2.75) is 0 Å². The van der Waals surface area contributed by atoms with E-state index in [1.54, 1.807) is 0 Å². The van der Waals surface area contributed by atoms with Crippen LogP contribution in [0.4, 0.5) is 0 Å². The second kappa shape index (κ2) is 10.2. The van der Waals surface area contributed by atoms with Crippen LogP contribution < -0.4 is 0 Å². The van der Waals surface area contributed by atoms with E-state index in [-0.39, 0.29) is 0 Å². The monoisotopic (exact) mass is 575 g/mol. The molecule has 2 aromatic heterocycles. The van der Waals surface area contributed by atoms with Gasteiger partial charge in [0.25, 0.3) is 0 Å². The third-order valence-electron chi connectivity index (χ3n) is 8.49. The van der Waals surface area contributed by atoms with E-state index in [0.717, 1.165) is 49.4 Å². The molecule has 0 bridgehead atoms. The number of furan rings is 1. The molecule has 0 amide bonds. The van der Waals surface area contributed by atoms with Gasteiger partial charge in [-0.1, -0.05) is 121 Å². The standard InChI is InChI=1S/C41H25N3O/c1-3-12-27(13-4-1)34-25-36-35-24-31(21-22-37(35)45-38(36)33-18-10-9-17-32(33)34)41-43-39(28-14-5-2-6-15-28)42-40(44-41)30-20-19-26-11-7-8-16-29(26)23-30/h1-25H. The lowest BCUT2D eigenvalue weighted by Crippen LogP contribution is -2.00. The number of hydrogen-bond acceptors (Lipinski definition) is 4. The fourth-order valence-electron chi connectivity index (χ4n) is 6.27. The molecular formula is C41H25N3O. The van der Waals surface area contributed by atoms with Crippen molar-refractivity contribution >= 4 is 43.5 Å². The molecule has 0 atom stereocenters. The zero-order valence-corrected chi connectivity index (χ0v) is 24.2. The Bertz CT molecular complexity index is 2540. The van der Waals surface area contributed by atoms with Gasteiger partial charge in [0.1, 0.15) is 11.2 Å². The maximum absolute atomic E-state index is 6.52. The first-order valence-electron chi connectivity index (χ1n) is 15.0. The SMILES string of the molecule is c1ccc(-c2nc(-c3ccc4ccccc4c3)nc(-c3ccc4oc5c6ccccc6c(-c6ccccc6)cc5c4c3)n2)cc1. The van der Waals surface area contributed by atoms with Gasteiger partial charge in [-0.05, 0) is 57.6 Å². The molecule has 0 saturated carbocycles. The van der Waals surface area contributed by atoms with Crippen LogP contribution in [0.2, 0.25) is 0 Å². The number of hydrogen-bond donors (Lipinski definition) is 0. The first kappa shape index (κ1) is 25.4. The van der Waals surface area contributed by atoms with Gasteiger partial charge in [0.2, 0.25) is 0 Å². The first-order valence-corrected chi connectivity index (χ1v) is 15.0. The highest BCUT2D eigenvalue weighted by atomic mass is 16.3. The van der Waals surface area contributed by atoms with Gasteiger partial charge in [-0.3, -0.25) is 0 Å². The molecule has 4 nitrogen and oxygen atoms in total. The molecule has 2 heterocycles. The summed E-state index contributed by atoms with van der Waals surface area (Å²) in [6.07, 6.45) is 0. The molecule has 7 aromatic carbocycles. The van der Waals surface area contributed by atoms with Crippen molar-refractivity contribution in [2.24, 2.45) is 0 Å². The van der Waals surface area contributed by atoms with E-state index in [9.17, 15) is 0 Å². The fourth-order valence-corrected chi connectivity index (χ4v) is 6.27. The fraction of sp³-hybridized carbons (Fsp3) is 0. The van der Waals surface area contributed by atoms with Crippen LogP contribution in [-0.4, -0.2) is 15.0 Å². The third-order valence-corrected chi connectivity index (χ3v) is 8.49. The second-order valence-corrected chi connectivity index (χ2v) is 11.3. The second-order valence-electron chi connectivity index (χ2n) is 11.3. The topological polar surface area (TPSA) is 51.8 Å². The highest BCUT2D eigenvalue weighted by Crippen LogP contribution is 2.40. The Hall–Kier alpha value is -6.13. The molecular weight excluding hydrogens is 550 g/mol. The zero-order valence-electron chi connectivity index (χ0n) is 24.2. The molecule has 0 aliphatic heterocycles. The smallest absolute Gasteiger partial charge is 0.164 e. The summed E-state index contributed by atoms with van der Waals surface area (Å²) < 4.78 is 6.52. The van der Waals surface area contributed by atoms with E-state index in [1.165, 1.54) is 21.9 Å². The molecule has 4 heteroatoms. The number of nitrogens with zero attached hydrogens (tertiary/aromatic N) is 3. The van der Waals surface area contributed by atoms with E-state index < -0.39 is 0 Å². The van der Waals surface area contributed by atoms with Crippen LogP contribution in [0.5, 0.6) is 0 Å². The number of benzene rings is 7. The Labute approximate surface area is 259 Å². The summed E-state index contributed by atoms with van der Waals surface area (Å²) >= 11 is 0. The van der Waals surface area contributed by atoms with Crippen LogP contribution in [0.3, 0.4) is 0 Å². The van der Waals surface area contributed by atoms with Crippen LogP contribution in [0.1, 0.15) is 0 Å². The van der Waals surface area contributed by atoms with Gasteiger partial charge in [0.05, 0.1) is 0 Å². The average Bonchev–Trinajstić information content (AvgIpc) is 3.50. The van der Waals surface area contributed by atoms with Gasteiger partial charge in [-0.25, -0.2) is 15.0 Å². The van der Waals surface area contributed by atoms with Gasteiger partial charge in [-0.2, -0.15) is 0 Å². The van der Waals surface area contributed by atoms with E-state index >= 15 is 0 Å². The molecule has 0 N–H and O–H groups in total. The summed E-state index contributed by atoms with van der Waals surface area (Å²) in [4.78, 5) is 15.0. The quantitative estimate of drug-likeness (QED) is 0.209. The highest BCUT2D eigenvalue weighted by molar-refractivity contribution is 6.19. The van der Waals surface area contributed by atoms with Crippen LogP contribution in [-0.2, 0) is 0 Å². The minimum atomic E-state index is 0.618. The van der Waals surface area contributed by atoms with Crippen molar-refractivity contribution in [3.8, 4) is 45.3 Å². The summed E-state index contributed by atoms with van der Waals surface area (Å²) in [5.74, 6) is 1.89. The maximum atomic E-state index is 6.52. The lowest BCUT2D eigenvalue weighted by Gasteiger charge is -2.09. The third kappa shape index (κ3) is 4.35. The van der Waals surface area contributed by atoms with Crippen LogP contribution in [0, 0.1) is 0 Å². The van der Waals surface area contributed by atoms with Gasteiger partial charge < -0.3 is 4.42 Å². The minimum absolute atomic E-state index is 0.618. The molecule has 0 unspecified atom stereocenters. The average molecular weight is 576 g/mol. The highest BCUT2D eigenvalue weighted by Gasteiger charge is 2.17. The first-order chi connectivity index (χ1) is 22.3. The Morgan fingerprint density at radius 2 is 0.933 bits per heavy atom. The Balaban J connectivity index is 1.27. The summed E-state index contributed by atoms with van der Waals surface area (Å²) in [7, 11) is 0. The van der Waals surface area contributed by atoms with Gasteiger partial charge in [0.15, 0.2) is 17.5 Å². The molecule has 0 fully saturated rings. The number of fused-ring (bicyclic) bond motifs is 6. The van der Waals surface area contributed by atoms with Gasteiger partial charge in [-0.15, -0.1) is 0 Å². The number of rotatable bonds is 4. The van der Waals surface area contributed by atoms with E-state index in [4.69, 9.17) is 19.4 Å². The van der Waals surface area contributed by atoms with Crippen molar-refractivity contribution < 1.29 is 4.42 Å². The normalized spacial score (nSPS) is 11.6. The molecule has 0 aliphatic rings. The maximum Gasteiger partial charge on any atom is 0.164 e. The molecule has 9 rings (SSSR count). The molecule has 45 heavy (non-hydrogen) atoms. The lowest BCUT2D eigenvalue weighted by molar-refractivity contribution is 0.672. The van der Waals surface area contributed by atoms with Crippen molar-refractivity contribution in [1.29, 1.82) is 0 Å². The van der Waals surface area contributed by atoms with Crippen LogP contribution in [0.25, 0.3) is 88.8 Å². The minimum Gasteiger partial charge on any atom is -0.455 e. The predicted octanol–water partition coefficient (Wildman–Crippen LogP) is 10.7. The van der Waals surface area contributed by atoms with Crippen molar-refractivity contribution in [1.82, 2.24) is 15.0 Å². The molecule has 0 saturated heterocycles. The van der Waals surface area contributed by atoms with E-state index in [0.29, 0.717) is 17.5 Å².